The minimum absolute atomic E-state index is 0.174. The first-order valence-electron chi connectivity index (χ1n) is 27.7. The number of rotatable bonds is 23. The molecule has 0 aliphatic heterocycles. The lowest BCUT2D eigenvalue weighted by Crippen LogP contribution is -2.15. The second kappa shape index (κ2) is 27.1. The minimum atomic E-state index is -0.340. The molecule has 440 valence electrons. The van der Waals surface area contributed by atoms with E-state index in [0.29, 0.717) is 111 Å². The van der Waals surface area contributed by atoms with Crippen molar-refractivity contribution >= 4 is 126 Å². The van der Waals surface area contributed by atoms with Crippen molar-refractivity contribution in [3.05, 3.63) is 178 Å². The third kappa shape index (κ3) is 13.3. The molecule has 4 aromatic heterocycles. The Balaban J connectivity index is 0.912. The highest BCUT2D eigenvalue weighted by atomic mass is 35.5. The number of carbonyl (C=O) groups excluding carboxylic acids is 2. The number of methoxy groups -OCH3 is 3. The molecule has 0 radical (unpaired) electrons. The van der Waals surface area contributed by atoms with Gasteiger partial charge in [-0.2, -0.15) is 0 Å². The molecule has 5 aromatic carbocycles. The maximum atomic E-state index is 12.4. The predicted molar refractivity (Wildman–Crippen MR) is 350 cm³/mol. The topological polar surface area (TPSA) is 195 Å². The number of nitrogens with zero attached hydrogens (tertiary/aromatic N) is 4. The van der Waals surface area contributed by atoms with Gasteiger partial charge in [0.25, 0.3) is 0 Å². The molecule has 0 bridgehead atoms. The number of pyridine rings is 4. The molecule has 1 saturated carbocycles. The number of amides is 2. The highest BCUT2D eigenvalue weighted by molar-refractivity contribution is 6.42. The zero-order chi connectivity index (χ0) is 60.6. The molecule has 2 atom stereocenters. The molecule has 86 heavy (non-hydrogen) atoms. The molecular formula is C66H62Cl4N10O6. The highest BCUT2D eigenvalue weighted by Gasteiger charge is 2.29. The van der Waals surface area contributed by atoms with Crippen LogP contribution in [0.3, 0.4) is 0 Å². The van der Waals surface area contributed by atoms with Gasteiger partial charge in [-0.15, -0.1) is 0 Å². The van der Waals surface area contributed by atoms with E-state index < -0.39 is 0 Å². The summed E-state index contributed by atoms with van der Waals surface area (Å²) in [6.07, 6.45) is 9.34. The number of fused-ring (bicyclic) bond motifs is 2. The van der Waals surface area contributed by atoms with Gasteiger partial charge in [0.2, 0.25) is 11.8 Å². The zero-order valence-corrected chi connectivity index (χ0v) is 50.9. The smallest absolute Gasteiger partial charge is 0.247 e. The molecule has 2 amide bonds. The minimum Gasteiger partial charge on any atom is -0.495 e. The molecule has 1 aliphatic rings. The normalized spacial score (nSPS) is 13.6. The van der Waals surface area contributed by atoms with E-state index >= 15 is 0 Å². The van der Waals surface area contributed by atoms with E-state index in [1.165, 1.54) is 26.4 Å². The second-order valence-electron chi connectivity index (χ2n) is 20.7. The summed E-state index contributed by atoms with van der Waals surface area (Å²) in [5, 5.41) is 24.1. The Kier molecular flexibility index (Phi) is 19.0. The molecule has 4 heterocycles. The Morgan fingerprint density at radius 1 is 0.593 bits per heavy atom. The van der Waals surface area contributed by atoms with Crippen molar-refractivity contribution in [2.24, 2.45) is 11.8 Å². The Bertz CT molecular complexity index is 4050. The summed E-state index contributed by atoms with van der Waals surface area (Å²) in [7, 11) is 4.60. The second-order valence-corrected chi connectivity index (χ2v) is 22.2. The first-order chi connectivity index (χ1) is 41.7. The lowest BCUT2D eigenvalue weighted by Gasteiger charge is -2.20. The van der Waals surface area contributed by atoms with Crippen LogP contribution in [0.15, 0.2) is 141 Å². The molecule has 6 N–H and O–H groups in total. The van der Waals surface area contributed by atoms with Gasteiger partial charge in [0, 0.05) is 70.3 Å². The predicted octanol–water partition coefficient (Wildman–Crippen LogP) is 16.5. The SMILES string of the molecule is C=CC(=O)Nc1cccc(C)c1Nc1cc2c(NCC3CCC(COc4cc(OC)c(Cl)c(-c5cc6cnc(Nc7c(C)cccc7NC(=O)C=C)cc6c(NCCc6ccccc6)n5)c4Cl)C3)nc(-c3c(Cl)c(OC)cc(OC)c3Cl)cc2cn1. The monoisotopic (exact) mass is 1230 g/mol. The van der Waals surface area contributed by atoms with Crippen LogP contribution in [0, 0.1) is 25.7 Å². The molecule has 1 aliphatic carbocycles. The van der Waals surface area contributed by atoms with E-state index in [2.05, 4.69) is 57.2 Å². The Labute approximate surface area is 518 Å². The zero-order valence-electron chi connectivity index (χ0n) is 47.9. The first-order valence-corrected chi connectivity index (χ1v) is 29.2. The van der Waals surface area contributed by atoms with Crippen molar-refractivity contribution < 1.29 is 28.5 Å². The number of carbonyl (C=O) groups is 2. The van der Waals surface area contributed by atoms with Crippen molar-refractivity contribution in [2.75, 3.05) is 72.9 Å². The molecule has 0 spiro atoms. The van der Waals surface area contributed by atoms with Crippen molar-refractivity contribution in [2.45, 2.75) is 39.5 Å². The quantitative estimate of drug-likeness (QED) is 0.0331. The summed E-state index contributed by atoms with van der Waals surface area (Å²) >= 11 is 28.5. The van der Waals surface area contributed by atoms with Crippen molar-refractivity contribution in [1.29, 1.82) is 0 Å². The van der Waals surface area contributed by atoms with Crippen LogP contribution in [0.2, 0.25) is 20.1 Å². The number of aryl methyl sites for hydroxylation is 2. The number of hydrogen-bond acceptors (Lipinski definition) is 14. The molecule has 9 aromatic rings. The van der Waals surface area contributed by atoms with Crippen molar-refractivity contribution in [3.8, 4) is 45.5 Å². The fourth-order valence-corrected chi connectivity index (χ4v) is 11.9. The Hall–Kier alpha value is -8.80. The third-order valence-electron chi connectivity index (χ3n) is 15.0. The van der Waals surface area contributed by atoms with Crippen LogP contribution >= 0.6 is 46.4 Å². The Morgan fingerprint density at radius 2 is 1.07 bits per heavy atom. The third-order valence-corrected chi connectivity index (χ3v) is 16.5. The number of hydrogen-bond donors (Lipinski definition) is 6. The fourth-order valence-electron chi connectivity index (χ4n) is 10.6. The van der Waals surface area contributed by atoms with Gasteiger partial charge in [0.05, 0.1) is 82.2 Å². The van der Waals surface area contributed by atoms with Crippen LogP contribution in [0.1, 0.15) is 36.0 Å². The van der Waals surface area contributed by atoms with E-state index in [1.807, 2.05) is 92.7 Å². The lowest BCUT2D eigenvalue weighted by molar-refractivity contribution is -0.112. The average molecular weight is 1230 g/mol. The summed E-state index contributed by atoms with van der Waals surface area (Å²) < 4.78 is 23.8. The summed E-state index contributed by atoms with van der Waals surface area (Å²) in [4.78, 5) is 44.8. The van der Waals surface area contributed by atoms with E-state index in [1.54, 1.807) is 31.6 Å². The van der Waals surface area contributed by atoms with Crippen molar-refractivity contribution in [3.63, 3.8) is 0 Å². The maximum Gasteiger partial charge on any atom is 0.247 e. The largest absolute Gasteiger partial charge is 0.495 e. The van der Waals surface area contributed by atoms with Gasteiger partial charge >= 0.3 is 0 Å². The molecule has 10 rings (SSSR count). The molecule has 0 saturated heterocycles. The molecular weight excluding hydrogens is 1170 g/mol. The molecule has 2 unspecified atom stereocenters. The van der Waals surface area contributed by atoms with Crippen LogP contribution in [0.4, 0.5) is 46.0 Å². The van der Waals surface area contributed by atoms with Gasteiger partial charge in [-0.3, -0.25) is 9.59 Å². The Morgan fingerprint density at radius 3 is 1.57 bits per heavy atom. The molecule has 16 nitrogen and oxygen atoms in total. The van der Waals surface area contributed by atoms with Crippen molar-refractivity contribution in [1.82, 2.24) is 19.9 Å². The van der Waals surface area contributed by atoms with Gasteiger partial charge in [-0.05, 0) is 117 Å². The average Bonchev–Trinajstić information content (AvgIpc) is 1.49. The van der Waals surface area contributed by atoms with Crippen LogP contribution in [-0.2, 0) is 16.0 Å². The molecule has 1 fully saturated rings. The number of benzene rings is 5. The highest BCUT2D eigenvalue weighted by Crippen LogP contribution is 2.49. The first kappa shape index (κ1) is 60.3. The van der Waals surface area contributed by atoms with Crippen LogP contribution < -0.4 is 50.8 Å². The van der Waals surface area contributed by atoms with E-state index in [9.17, 15) is 9.59 Å². The van der Waals surface area contributed by atoms with E-state index in [4.69, 9.17) is 85.3 Å². The standard InChI is InChI=1S/C66H62Cl4N10O6/c1-8-55(81)75-45-19-13-15-36(3)63(45)79-53-28-43-41(33-72-53)26-48(77-65(43)71-24-23-38-17-11-10-12-18-38)58-61(69)51(85-7)31-52(62(58)70)86-35-40-22-21-39(25-40)32-74-66-44-29-54(80-64-37(4)16-14-20-46(64)76-56(82)9-2)73-34-42(44)27-47(78-66)57-59(67)49(83-5)30-50(84-6)60(57)68/h8-20,26-31,33-34,39-40H,1-2,21-25,32,35H2,3-7H3,(H,71,77)(H,72,79)(H,73,80)(H,74,78)(H,75,81)(H,76,82). The maximum absolute atomic E-state index is 12.4. The summed E-state index contributed by atoms with van der Waals surface area (Å²) in [5.41, 5.74) is 7.33. The van der Waals surface area contributed by atoms with Crippen LogP contribution in [-0.4, -0.2) is 72.8 Å². The van der Waals surface area contributed by atoms with E-state index in [-0.39, 0.29) is 43.7 Å². The lowest BCUT2D eigenvalue weighted by atomic mass is 10.0. The number of para-hydroxylation sites is 2. The number of ether oxygens (including phenoxy) is 4. The van der Waals surface area contributed by atoms with Gasteiger partial charge in [-0.1, -0.05) is 114 Å². The van der Waals surface area contributed by atoms with Gasteiger partial charge in [-0.25, -0.2) is 19.9 Å². The number of anilines is 8. The summed E-state index contributed by atoms with van der Waals surface area (Å²) in [6.45, 7) is 12.6. The molecule has 20 heteroatoms. The van der Waals surface area contributed by atoms with Gasteiger partial charge in [0.15, 0.2) is 0 Å². The number of nitrogens with one attached hydrogen (secondary N) is 6. The van der Waals surface area contributed by atoms with E-state index in [0.717, 1.165) is 63.9 Å². The van der Waals surface area contributed by atoms with Gasteiger partial charge < -0.3 is 50.8 Å². The van der Waals surface area contributed by atoms with Gasteiger partial charge in [0.1, 0.15) is 46.3 Å². The summed E-state index contributed by atoms with van der Waals surface area (Å²) in [6, 6.07) is 32.4. The number of aromatic nitrogens is 4. The van der Waals surface area contributed by atoms with Crippen LogP contribution in [0.5, 0.6) is 23.0 Å². The summed E-state index contributed by atoms with van der Waals surface area (Å²) in [5.74, 6) is 3.46. The number of halogens is 4. The fraction of sp³-hybridized carbons (Fsp3) is 0.212. The van der Waals surface area contributed by atoms with Crippen LogP contribution in [0.25, 0.3) is 44.1 Å².